The summed E-state index contributed by atoms with van der Waals surface area (Å²) in [6.07, 6.45) is 48.0. The van der Waals surface area contributed by atoms with Crippen LogP contribution in [0.15, 0.2) is 29.3 Å². The molecule has 0 spiro atoms. The summed E-state index contributed by atoms with van der Waals surface area (Å²) in [6.45, 7) is 9.84. The minimum Gasteiger partial charge on any atom is -0.392 e. The highest BCUT2D eigenvalue weighted by Gasteiger charge is 2.14. The number of amidine groups is 1. The van der Waals surface area contributed by atoms with Gasteiger partial charge in [0.25, 0.3) is 0 Å². The first kappa shape index (κ1) is 56.1. The van der Waals surface area contributed by atoms with Crippen molar-refractivity contribution in [3.05, 3.63) is 24.3 Å². The van der Waals surface area contributed by atoms with Gasteiger partial charge in [-0.15, -0.1) is 0 Å². The molecule has 0 aromatic heterocycles. The zero-order valence-electron chi connectivity index (χ0n) is 38.5. The molecule has 0 aliphatic carbocycles. The van der Waals surface area contributed by atoms with E-state index in [0.717, 1.165) is 51.9 Å². The van der Waals surface area contributed by atoms with Crippen LogP contribution in [0.1, 0.15) is 219 Å². The number of guanidine groups is 1. The molecule has 342 valence electrons. The lowest BCUT2D eigenvalue weighted by Crippen LogP contribution is -2.37. The third kappa shape index (κ3) is 43.6. The number of hydrogen-bond acceptors (Lipinski definition) is 6. The predicted molar refractivity (Wildman–Crippen MR) is 255 cm³/mol. The molecule has 58 heavy (non-hydrogen) atoms. The molecule has 9 N–H and O–H groups in total. The summed E-state index contributed by atoms with van der Waals surface area (Å²) in [5.41, 5.74) is 16.7. The second-order valence-corrected chi connectivity index (χ2v) is 17.3. The topological polar surface area (TPSA) is 161 Å². The second kappa shape index (κ2) is 44.6. The molecule has 0 amide bonds. The molecule has 0 aliphatic rings. The van der Waals surface area contributed by atoms with Crippen molar-refractivity contribution in [1.82, 2.24) is 9.80 Å². The van der Waals surface area contributed by atoms with Crippen LogP contribution in [0.4, 0.5) is 0 Å². The maximum Gasteiger partial charge on any atom is 0.185 e. The Bertz CT molecular complexity index is 955. The molecule has 0 heterocycles. The average Bonchev–Trinajstić information content (AvgIpc) is 3.20. The molecular formula is C49H99N7O2. The lowest BCUT2D eigenvalue weighted by molar-refractivity contribution is 0.100. The molecule has 0 saturated heterocycles. The fourth-order valence-electron chi connectivity index (χ4n) is 7.70. The van der Waals surface area contributed by atoms with E-state index in [1.165, 1.54) is 167 Å². The van der Waals surface area contributed by atoms with E-state index >= 15 is 0 Å². The molecule has 0 bridgehead atoms. The number of nitrogens with zero attached hydrogens (tertiary/aromatic N) is 3. The summed E-state index contributed by atoms with van der Waals surface area (Å²) < 4.78 is 0. The lowest BCUT2D eigenvalue weighted by Gasteiger charge is -2.27. The quantitative estimate of drug-likeness (QED) is 0.0154. The summed E-state index contributed by atoms with van der Waals surface area (Å²) in [5.74, 6) is 0.161. The zero-order valence-corrected chi connectivity index (χ0v) is 38.5. The third-order valence-electron chi connectivity index (χ3n) is 11.3. The van der Waals surface area contributed by atoms with E-state index in [1.807, 2.05) is 0 Å². The molecule has 0 aromatic carbocycles. The molecular weight excluding hydrogens is 719 g/mol. The Hall–Kier alpha value is -1.94. The minimum atomic E-state index is -0.587. The van der Waals surface area contributed by atoms with Crippen molar-refractivity contribution in [2.45, 2.75) is 232 Å². The third-order valence-corrected chi connectivity index (χ3v) is 11.3. The number of nitrogens with one attached hydrogen (secondary N) is 1. The Morgan fingerprint density at radius 3 is 1.14 bits per heavy atom. The largest absolute Gasteiger partial charge is 0.392 e. The first-order chi connectivity index (χ1) is 28.3. The molecule has 0 aromatic rings. The number of aliphatic hydroxyl groups excluding tert-OH is 2. The molecule has 0 fully saturated rings. The Balaban J connectivity index is 4.53. The fourth-order valence-corrected chi connectivity index (χ4v) is 7.70. The normalized spacial score (nSPS) is 13.1. The van der Waals surface area contributed by atoms with E-state index in [2.05, 4.69) is 52.9 Å². The van der Waals surface area contributed by atoms with Gasteiger partial charge in [-0.1, -0.05) is 154 Å². The van der Waals surface area contributed by atoms with Crippen LogP contribution < -0.4 is 17.2 Å². The van der Waals surface area contributed by atoms with Gasteiger partial charge < -0.3 is 37.2 Å². The van der Waals surface area contributed by atoms with Crippen LogP contribution >= 0.6 is 0 Å². The van der Waals surface area contributed by atoms with Crippen LogP contribution in [0.5, 0.6) is 0 Å². The van der Waals surface area contributed by atoms with E-state index in [9.17, 15) is 10.2 Å². The maximum absolute atomic E-state index is 10.7. The van der Waals surface area contributed by atoms with E-state index in [-0.39, 0.29) is 18.3 Å². The van der Waals surface area contributed by atoms with Crippen LogP contribution in [-0.2, 0) is 0 Å². The highest BCUT2D eigenvalue weighted by atomic mass is 16.3. The van der Waals surface area contributed by atoms with Gasteiger partial charge in [0.05, 0.1) is 24.6 Å². The van der Waals surface area contributed by atoms with E-state index in [1.54, 1.807) is 0 Å². The lowest BCUT2D eigenvalue weighted by atomic mass is 10.1. The highest BCUT2D eigenvalue weighted by Crippen LogP contribution is 2.14. The first-order valence-corrected chi connectivity index (χ1v) is 24.8. The minimum absolute atomic E-state index is 0.0197. The predicted octanol–water partition coefficient (Wildman–Crippen LogP) is 11.2. The summed E-state index contributed by atoms with van der Waals surface area (Å²) in [7, 11) is 0. The summed E-state index contributed by atoms with van der Waals surface area (Å²) >= 11 is 0. The van der Waals surface area contributed by atoms with Gasteiger partial charge in [0, 0.05) is 19.5 Å². The zero-order chi connectivity index (χ0) is 42.6. The van der Waals surface area contributed by atoms with E-state index < -0.39 is 12.2 Å². The number of rotatable bonds is 46. The summed E-state index contributed by atoms with van der Waals surface area (Å²) in [5, 5.41) is 29.0. The van der Waals surface area contributed by atoms with Crippen LogP contribution in [0.2, 0.25) is 0 Å². The number of aliphatic imine (C=N–C) groups is 1. The Morgan fingerprint density at radius 2 is 0.793 bits per heavy atom. The van der Waals surface area contributed by atoms with Crippen molar-refractivity contribution in [2.75, 3.05) is 45.8 Å². The van der Waals surface area contributed by atoms with Crippen LogP contribution in [0, 0.1) is 5.41 Å². The molecule has 9 heteroatoms. The van der Waals surface area contributed by atoms with Crippen LogP contribution in [0.25, 0.3) is 0 Å². The van der Waals surface area contributed by atoms with Gasteiger partial charge in [-0.3, -0.25) is 10.4 Å². The molecule has 0 saturated carbocycles. The molecule has 0 rings (SSSR count). The van der Waals surface area contributed by atoms with Crippen molar-refractivity contribution in [2.24, 2.45) is 22.2 Å². The Morgan fingerprint density at radius 1 is 0.483 bits per heavy atom. The highest BCUT2D eigenvalue weighted by molar-refractivity contribution is 5.76. The Kier molecular flexibility index (Phi) is 43.1. The van der Waals surface area contributed by atoms with Gasteiger partial charge in [0.15, 0.2) is 5.96 Å². The van der Waals surface area contributed by atoms with Crippen molar-refractivity contribution in [3.63, 3.8) is 0 Å². The second-order valence-electron chi connectivity index (χ2n) is 17.3. The van der Waals surface area contributed by atoms with Gasteiger partial charge in [-0.05, 0) is 110 Å². The van der Waals surface area contributed by atoms with Crippen molar-refractivity contribution in [3.8, 4) is 0 Å². The number of aliphatic hydroxyl groups is 2. The molecule has 2 atom stereocenters. The molecule has 9 nitrogen and oxygen atoms in total. The summed E-state index contributed by atoms with van der Waals surface area (Å²) in [4.78, 5) is 8.86. The number of hydrogen-bond donors (Lipinski definition) is 6. The maximum atomic E-state index is 10.7. The van der Waals surface area contributed by atoms with Crippen molar-refractivity contribution < 1.29 is 10.2 Å². The number of unbranched alkanes of at least 4 members (excludes halogenated alkanes) is 25. The SMILES string of the molecule is CCCCCCCC/C=C/CCCCCCCCN(CCCCN(CCCCCCCC/C=C/CCCCCCCC)CC(O)CN=C(N)N)CC(O)CCC(=N)N. The van der Waals surface area contributed by atoms with Crippen LogP contribution in [-0.4, -0.2) is 89.8 Å². The van der Waals surface area contributed by atoms with E-state index in [4.69, 9.17) is 22.6 Å². The van der Waals surface area contributed by atoms with Crippen LogP contribution in [0.3, 0.4) is 0 Å². The Labute approximate surface area is 360 Å². The van der Waals surface area contributed by atoms with E-state index in [0.29, 0.717) is 25.9 Å². The monoisotopic (exact) mass is 818 g/mol. The van der Waals surface area contributed by atoms with Gasteiger partial charge in [-0.25, -0.2) is 0 Å². The van der Waals surface area contributed by atoms with Gasteiger partial charge in [0.1, 0.15) is 0 Å². The smallest absolute Gasteiger partial charge is 0.185 e. The van der Waals surface area contributed by atoms with Crippen molar-refractivity contribution >= 4 is 11.8 Å². The summed E-state index contributed by atoms with van der Waals surface area (Å²) in [6, 6.07) is 0. The average molecular weight is 818 g/mol. The number of allylic oxidation sites excluding steroid dienone is 4. The molecule has 2 unspecified atom stereocenters. The standard InChI is InChI=1S/C49H99N7O2/c1-3-5-7-9-11-13-15-17-19-21-23-25-27-29-31-33-39-55(44-46(57)37-38-48(50)51)41-35-36-42-56(45-47(58)43-54-49(52)53)40-34-32-30-28-26-24-22-20-18-16-14-12-10-8-6-4-2/h17-20,46-47,57-58H,3-16,21-45H2,1-2H3,(H3,50,51)(H4,52,53,54)/b19-17+,20-18+. The van der Waals surface area contributed by atoms with Gasteiger partial charge in [-0.2, -0.15) is 0 Å². The molecule has 0 radical (unpaired) electrons. The van der Waals surface area contributed by atoms with Crippen molar-refractivity contribution in [1.29, 1.82) is 5.41 Å². The molecule has 0 aliphatic heterocycles. The number of nitrogens with two attached hydrogens (primary N) is 3. The van der Waals surface area contributed by atoms with Gasteiger partial charge in [0.2, 0.25) is 0 Å². The fraction of sp³-hybridized carbons (Fsp3) is 0.878. The first-order valence-electron chi connectivity index (χ1n) is 24.8. The van der Waals surface area contributed by atoms with Gasteiger partial charge >= 0.3 is 0 Å².